The number of hydrogen-bond acceptors (Lipinski definition) is 5. The van der Waals surface area contributed by atoms with Crippen LogP contribution in [0.25, 0.3) is 0 Å². The number of nitrogens with zero attached hydrogens (tertiary/aromatic N) is 1. The highest BCUT2D eigenvalue weighted by molar-refractivity contribution is 7.86. The minimum absolute atomic E-state index is 0.270. The molecule has 0 aromatic carbocycles. The summed E-state index contributed by atoms with van der Waals surface area (Å²) >= 11 is 0. The number of carbonyl (C=O) groups excluding carboxylic acids is 1. The predicted molar refractivity (Wildman–Crippen MR) is 52.1 cm³/mol. The molecule has 0 bridgehead atoms. The van der Waals surface area contributed by atoms with E-state index >= 15 is 0 Å². The van der Waals surface area contributed by atoms with Gasteiger partial charge < -0.3 is 5.73 Å². The summed E-state index contributed by atoms with van der Waals surface area (Å²) in [4.78, 5) is 14.4. The summed E-state index contributed by atoms with van der Waals surface area (Å²) in [5, 5.41) is 0. The molecule has 16 heavy (non-hydrogen) atoms. The van der Waals surface area contributed by atoms with Crippen LogP contribution in [0.5, 0.6) is 0 Å². The lowest BCUT2D eigenvalue weighted by Crippen LogP contribution is -2.26. The Morgan fingerprint density at radius 3 is 2.69 bits per heavy atom. The molecule has 0 radical (unpaired) electrons. The van der Waals surface area contributed by atoms with E-state index < -0.39 is 27.9 Å². The van der Waals surface area contributed by atoms with Crippen LogP contribution in [0.2, 0.25) is 0 Å². The summed E-state index contributed by atoms with van der Waals surface area (Å²) in [7, 11) is -3.92. The first-order valence-corrected chi connectivity index (χ1v) is 5.90. The van der Waals surface area contributed by atoms with E-state index in [4.69, 9.17) is 5.73 Å². The molecule has 8 heteroatoms. The molecule has 1 unspecified atom stereocenters. The number of carbonyl (C=O) groups is 1. The number of pyridine rings is 1. The maximum atomic E-state index is 13.2. The lowest BCUT2D eigenvalue weighted by molar-refractivity contribution is -0.124. The van der Waals surface area contributed by atoms with Crippen molar-refractivity contribution in [2.24, 2.45) is 5.73 Å². The second-order valence-corrected chi connectivity index (χ2v) is 4.58. The SMILES string of the molecule is CS(=O)(=O)OC(C(N)=O)c1ccncc1F. The first-order valence-electron chi connectivity index (χ1n) is 4.08. The lowest BCUT2D eigenvalue weighted by Gasteiger charge is -2.13. The summed E-state index contributed by atoms with van der Waals surface area (Å²) in [5.74, 6) is -1.97. The Labute approximate surface area is 91.4 Å². The quantitative estimate of drug-likeness (QED) is 0.739. The average molecular weight is 248 g/mol. The molecule has 1 rings (SSSR count). The van der Waals surface area contributed by atoms with Crippen molar-refractivity contribution in [2.75, 3.05) is 6.26 Å². The predicted octanol–water partition coefficient (Wildman–Crippen LogP) is -0.277. The molecule has 0 aliphatic heterocycles. The van der Waals surface area contributed by atoms with Gasteiger partial charge >= 0.3 is 0 Å². The number of hydrogen-bond donors (Lipinski definition) is 1. The smallest absolute Gasteiger partial charge is 0.265 e. The molecule has 0 aliphatic rings. The molecular formula is C8H9FN2O4S. The Morgan fingerprint density at radius 2 is 2.25 bits per heavy atom. The molecule has 0 spiro atoms. The maximum Gasteiger partial charge on any atom is 0.265 e. The highest BCUT2D eigenvalue weighted by Gasteiger charge is 2.26. The number of halogens is 1. The molecule has 88 valence electrons. The Hall–Kier alpha value is -1.54. The van der Waals surface area contributed by atoms with Gasteiger partial charge in [-0.25, -0.2) is 4.39 Å². The van der Waals surface area contributed by atoms with Crippen molar-refractivity contribution in [1.29, 1.82) is 0 Å². The average Bonchev–Trinajstić information content (AvgIpc) is 2.13. The largest absolute Gasteiger partial charge is 0.367 e. The van der Waals surface area contributed by atoms with E-state index in [1.54, 1.807) is 0 Å². The third-order valence-corrected chi connectivity index (χ3v) is 2.16. The van der Waals surface area contributed by atoms with E-state index in [2.05, 4.69) is 9.17 Å². The highest BCUT2D eigenvalue weighted by Crippen LogP contribution is 2.21. The first kappa shape index (κ1) is 12.5. The van der Waals surface area contributed by atoms with E-state index in [1.807, 2.05) is 0 Å². The molecule has 1 aromatic rings. The van der Waals surface area contributed by atoms with Crippen LogP contribution in [0.1, 0.15) is 11.7 Å². The minimum atomic E-state index is -3.92. The summed E-state index contributed by atoms with van der Waals surface area (Å²) in [6.45, 7) is 0. The molecule has 0 aliphatic carbocycles. The molecule has 1 aromatic heterocycles. The summed E-state index contributed by atoms with van der Waals surface area (Å²) < 4.78 is 39.4. The van der Waals surface area contributed by atoms with Gasteiger partial charge in [-0.2, -0.15) is 8.42 Å². The van der Waals surface area contributed by atoms with Crippen molar-refractivity contribution in [3.8, 4) is 0 Å². The number of primary amides is 1. The first-order chi connectivity index (χ1) is 7.31. The molecule has 0 saturated carbocycles. The van der Waals surface area contributed by atoms with Gasteiger partial charge in [0.2, 0.25) is 0 Å². The Bertz CT molecular complexity index is 503. The van der Waals surface area contributed by atoms with Crippen molar-refractivity contribution < 1.29 is 21.8 Å². The standard InChI is InChI=1S/C8H9FN2O4S/c1-16(13,14)15-7(8(10)12)5-2-3-11-4-6(5)9/h2-4,7H,1H3,(H2,10,12). The van der Waals surface area contributed by atoms with Crippen molar-refractivity contribution in [2.45, 2.75) is 6.10 Å². The van der Waals surface area contributed by atoms with Gasteiger partial charge in [0.05, 0.1) is 12.5 Å². The van der Waals surface area contributed by atoms with Crippen molar-refractivity contribution in [3.05, 3.63) is 29.8 Å². The van der Waals surface area contributed by atoms with Crippen molar-refractivity contribution in [1.82, 2.24) is 4.98 Å². The van der Waals surface area contributed by atoms with Crippen molar-refractivity contribution in [3.63, 3.8) is 0 Å². The van der Waals surface area contributed by atoms with Crippen molar-refractivity contribution >= 4 is 16.0 Å². The fraction of sp³-hybridized carbons (Fsp3) is 0.250. The van der Waals surface area contributed by atoms with Gasteiger partial charge in [-0.3, -0.25) is 14.0 Å². The van der Waals surface area contributed by atoms with Gasteiger partial charge in [0, 0.05) is 11.8 Å². The number of rotatable bonds is 4. The van der Waals surface area contributed by atoms with Gasteiger partial charge in [0.1, 0.15) is 5.82 Å². The zero-order valence-corrected chi connectivity index (χ0v) is 9.07. The van der Waals surface area contributed by atoms with Crippen LogP contribution in [-0.2, 0) is 19.1 Å². The van der Waals surface area contributed by atoms with E-state index in [0.29, 0.717) is 0 Å². The minimum Gasteiger partial charge on any atom is -0.367 e. The van der Waals surface area contributed by atoms with Gasteiger partial charge in [-0.1, -0.05) is 0 Å². The Balaban J connectivity index is 3.14. The summed E-state index contributed by atoms with van der Waals surface area (Å²) in [5.41, 5.74) is 4.66. The molecule has 0 fully saturated rings. The number of amides is 1. The zero-order valence-electron chi connectivity index (χ0n) is 8.25. The Kier molecular flexibility index (Phi) is 3.55. The lowest BCUT2D eigenvalue weighted by atomic mass is 10.1. The number of nitrogens with two attached hydrogens (primary N) is 1. The van der Waals surface area contributed by atoms with Crippen LogP contribution in [0, 0.1) is 5.82 Å². The van der Waals surface area contributed by atoms with Gasteiger partial charge in [0.25, 0.3) is 16.0 Å². The normalized spacial score (nSPS) is 13.4. The topological polar surface area (TPSA) is 99.4 Å². The van der Waals surface area contributed by atoms with Crippen LogP contribution in [-0.4, -0.2) is 25.6 Å². The van der Waals surface area contributed by atoms with E-state index in [-0.39, 0.29) is 5.56 Å². The van der Waals surface area contributed by atoms with Gasteiger partial charge in [-0.05, 0) is 6.07 Å². The highest BCUT2D eigenvalue weighted by atomic mass is 32.2. The van der Waals surface area contributed by atoms with E-state index in [0.717, 1.165) is 18.5 Å². The van der Waals surface area contributed by atoms with Crippen LogP contribution in [0.3, 0.4) is 0 Å². The number of aromatic nitrogens is 1. The second-order valence-electron chi connectivity index (χ2n) is 2.98. The fourth-order valence-electron chi connectivity index (χ4n) is 1.03. The summed E-state index contributed by atoms with van der Waals surface area (Å²) in [6, 6.07) is 1.12. The monoisotopic (exact) mass is 248 g/mol. The third kappa shape index (κ3) is 3.24. The molecular weight excluding hydrogens is 239 g/mol. The second kappa shape index (κ2) is 4.54. The molecule has 1 heterocycles. The third-order valence-electron chi connectivity index (χ3n) is 1.62. The molecule has 2 N–H and O–H groups in total. The Morgan fingerprint density at radius 1 is 1.62 bits per heavy atom. The van der Waals surface area contributed by atoms with Crippen LogP contribution < -0.4 is 5.73 Å². The maximum absolute atomic E-state index is 13.2. The zero-order chi connectivity index (χ0) is 12.3. The van der Waals surface area contributed by atoms with Gasteiger partial charge in [0.15, 0.2) is 6.10 Å². The summed E-state index contributed by atoms with van der Waals surface area (Å²) in [6.07, 6.45) is 1.08. The molecule has 6 nitrogen and oxygen atoms in total. The molecule has 1 amide bonds. The van der Waals surface area contributed by atoms with E-state index in [1.165, 1.54) is 6.20 Å². The van der Waals surface area contributed by atoms with Crippen LogP contribution in [0.15, 0.2) is 18.5 Å². The van der Waals surface area contributed by atoms with Gasteiger partial charge in [-0.15, -0.1) is 0 Å². The van der Waals surface area contributed by atoms with Crippen LogP contribution >= 0.6 is 0 Å². The molecule has 0 saturated heterocycles. The fourth-order valence-corrected chi connectivity index (χ4v) is 1.57. The van der Waals surface area contributed by atoms with E-state index in [9.17, 15) is 17.6 Å². The van der Waals surface area contributed by atoms with Crippen LogP contribution in [0.4, 0.5) is 4.39 Å². The molecule has 1 atom stereocenters.